The molecule has 1 atom stereocenters. The molecule has 2 heterocycles. The fraction of sp³-hybridized carbons (Fsp3) is 0.462. The Morgan fingerprint density at radius 3 is 2.15 bits per heavy atom. The molecule has 1 aliphatic rings. The standard InChI is InChI=1S/C26H35N5O2/c1-3-14-30-23-11-7-8-12-24(23)31(26(30)33)15-13-25(32)27-22(21-9-5-4-6-10-21)20-29-18-16-28(2)17-19-29/h4-12,22H,3,13-20H2,1-2H3,(H,27,32). The Morgan fingerprint density at radius 2 is 1.52 bits per heavy atom. The summed E-state index contributed by atoms with van der Waals surface area (Å²) in [4.78, 5) is 30.8. The van der Waals surface area contributed by atoms with Crippen LogP contribution in [-0.2, 0) is 17.9 Å². The molecule has 0 spiro atoms. The molecule has 1 aromatic heterocycles. The molecule has 0 bridgehead atoms. The minimum absolute atomic E-state index is 0.0304. The number of benzene rings is 2. The lowest BCUT2D eigenvalue weighted by Gasteiger charge is -2.35. The van der Waals surface area contributed by atoms with Gasteiger partial charge in [0.2, 0.25) is 5.91 Å². The first kappa shape index (κ1) is 23.3. The molecule has 176 valence electrons. The second-order valence-corrected chi connectivity index (χ2v) is 8.96. The van der Waals surface area contributed by atoms with Crippen LogP contribution < -0.4 is 11.0 Å². The van der Waals surface area contributed by atoms with Crippen molar-refractivity contribution in [2.24, 2.45) is 0 Å². The van der Waals surface area contributed by atoms with Crippen molar-refractivity contribution in [3.8, 4) is 0 Å². The first-order valence-corrected chi connectivity index (χ1v) is 12.0. The maximum Gasteiger partial charge on any atom is 0.329 e. The molecule has 1 unspecified atom stereocenters. The smallest absolute Gasteiger partial charge is 0.329 e. The van der Waals surface area contributed by atoms with Gasteiger partial charge in [-0.1, -0.05) is 49.4 Å². The van der Waals surface area contributed by atoms with E-state index in [0.29, 0.717) is 13.1 Å². The Labute approximate surface area is 195 Å². The molecule has 0 aliphatic carbocycles. The van der Waals surface area contributed by atoms with Gasteiger partial charge >= 0.3 is 5.69 Å². The molecule has 3 aromatic rings. The number of hydrogen-bond acceptors (Lipinski definition) is 4. The summed E-state index contributed by atoms with van der Waals surface area (Å²) in [6.45, 7) is 8.00. The van der Waals surface area contributed by atoms with Gasteiger partial charge in [0, 0.05) is 52.2 Å². The van der Waals surface area contributed by atoms with Crippen LogP contribution >= 0.6 is 0 Å². The van der Waals surface area contributed by atoms with Crippen LogP contribution in [0.2, 0.25) is 0 Å². The van der Waals surface area contributed by atoms with Gasteiger partial charge in [-0.25, -0.2) is 4.79 Å². The molecule has 2 aromatic carbocycles. The number of aromatic nitrogens is 2. The zero-order valence-corrected chi connectivity index (χ0v) is 19.7. The second kappa shape index (κ2) is 10.8. The van der Waals surface area contributed by atoms with Crippen LogP contribution in [0.3, 0.4) is 0 Å². The average Bonchev–Trinajstić information content (AvgIpc) is 3.10. The summed E-state index contributed by atoms with van der Waals surface area (Å²) in [5.41, 5.74) is 2.90. The maximum atomic E-state index is 13.0. The zero-order chi connectivity index (χ0) is 23.2. The monoisotopic (exact) mass is 449 g/mol. The highest BCUT2D eigenvalue weighted by atomic mass is 16.2. The summed E-state index contributed by atoms with van der Waals surface area (Å²) in [7, 11) is 2.15. The molecule has 7 heteroatoms. The molecule has 1 aliphatic heterocycles. The van der Waals surface area contributed by atoms with Crippen molar-refractivity contribution in [1.29, 1.82) is 0 Å². The quantitative estimate of drug-likeness (QED) is 0.546. The predicted molar refractivity (Wildman–Crippen MR) is 132 cm³/mol. The van der Waals surface area contributed by atoms with Gasteiger partial charge in [0.15, 0.2) is 0 Å². The molecular formula is C26H35N5O2. The molecule has 1 saturated heterocycles. The van der Waals surface area contributed by atoms with Gasteiger partial charge in [-0.15, -0.1) is 0 Å². The lowest BCUT2D eigenvalue weighted by molar-refractivity contribution is -0.122. The van der Waals surface area contributed by atoms with Crippen LogP contribution in [0.5, 0.6) is 0 Å². The molecule has 1 amide bonds. The number of rotatable bonds is 9. The van der Waals surface area contributed by atoms with E-state index in [4.69, 9.17) is 0 Å². The van der Waals surface area contributed by atoms with Crippen molar-refractivity contribution in [2.45, 2.75) is 38.9 Å². The van der Waals surface area contributed by atoms with Crippen molar-refractivity contribution in [2.75, 3.05) is 39.8 Å². The van der Waals surface area contributed by atoms with Gasteiger partial charge in [-0.05, 0) is 31.2 Å². The van der Waals surface area contributed by atoms with Crippen LogP contribution in [0.4, 0.5) is 0 Å². The Hall–Kier alpha value is -2.90. The first-order valence-electron chi connectivity index (χ1n) is 12.0. The van der Waals surface area contributed by atoms with Crippen LogP contribution in [0.1, 0.15) is 31.4 Å². The Bertz CT molecular complexity index is 1110. The largest absolute Gasteiger partial charge is 0.348 e. The number of fused-ring (bicyclic) bond motifs is 1. The topological polar surface area (TPSA) is 62.5 Å². The van der Waals surface area contributed by atoms with Crippen LogP contribution in [-0.4, -0.2) is 64.6 Å². The number of amides is 1. The maximum absolute atomic E-state index is 13.0. The normalized spacial score (nSPS) is 16.2. The fourth-order valence-corrected chi connectivity index (χ4v) is 4.62. The number of likely N-dealkylation sites (N-methyl/N-ethyl adjacent to an activating group) is 1. The molecule has 0 radical (unpaired) electrons. The summed E-state index contributed by atoms with van der Waals surface area (Å²) in [5, 5.41) is 3.25. The first-order chi connectivity index (χ1) is 16.1. The number of hydrogen-bond donors (Lipinski definition) is 1. The summed E-state index contributed by atoms with van der Waals surface area (Å²) in [6.07, 6.45) is 1.16. The lowest BCUT2D eigenvalue weighted by Crippen LogP contribution is -2.47. The molecule has 7 nitrogen and oxygen atoms in total. The van der Waals surface area contributed by atoms with Crippen molar-refractivity contribution in [3.63, 3.8) is 0 Å². The van der Waals surface area contributed by atoms with Gasteiger partial charge in [-0.3, -0.25) is 18.8 Å². The molecule has 1 fully saturated rings. The van der Waals surface area contributed by atoms with Gasteiger partial charge in [0.05, 0.1) is 17.1 Å². The van der Waals surface area contributed by atoms with Gasteiger partial charge in [0.25, 0.3) is 0 Å². The summed E-state index contributed by atoms with van der Waals surface area (Å²) in [6, 6.07) is 17.9. The SMILES string of the molecule is CCCn1c(=O)n(CCC(=O)NC(CN2CCN(C)CC2)c2ccccc2)c2ccccc21. The fourth-order valence-electron chi connectivity index (χ4n) is 4.62. The molecule has 33 heavy (non-hydrogen) atoms. The van der Waals surface area contributed by atoms with E-state index in [1.54, 1.807) is 4.57 Å². The van der Waals surface area contributed by atoms with E-state index in [9.17, 15) is 9.59 Å². The number of carbonyl (C=O) groups excluding carboxylic acids is 1. The van der Waals surface area contributed by atoms with E-state index in [-0.39, 0.29) is 24.1 Å². The highest BCUT2D eigenvalue weighted by molar-refractivity contribution is 5.78. The van der Waals surface area contributed by atoms with E-state index in [1.807, 2.05) is 47.0 Å². The Balaban J connectivity index is 1.46. The molecule has 1 N–H and O–H groups in total. The van der Waals surface area contributed by atoms with Gasteiger partial charge in [-0.2, -0.15) is 0 Å². The third kappa shape index (κ3) is 5.54. The number of para-hydroxylation sites is 2. The molecular weight excluding hydrogens is 414 g/mol. The number of aryl methyl sites for hydroxylation is 2. The number of piperazine rings is 1. The van der Waals surface area contributed by atoms with Crippen LogP contribution in [0.15, 0.2) is 59.4 Å². The number of nitrogens with zero attached hydrogens (tertiary/aromatic N) is 4. The summed E-state index contributed by atoms with van der Waals surface area (Å²) >= 11 is 0. The number of nitrogens with one attached hydrogen (secondary N) is 1. The van der Waals surface area contributed by atoms with Gasteiger partial charge < -0.3 is 10.2 Å². The van der Waals surface area contributed by atoms with E-state index >= 15 is 0 Å². The predicted octanol–water partition coefficient (Wildman–Crippen LogP) is 2.71. The minimum atomic E-state index is -0.0692. The van der Waals surface area contributed by atoms with E-state index in [2.05, 4.69) is 41.2 Å². The third-order valence-corrected chi connectivity index (χ3v) is 6.51. The summed E-state index contributed by atoms with van der Waals surface area (Å²) in [5.74, 6) is -0.0304. The molecule has 4 rings (SSSR count). The third-order valence-electron chi connectivity index (χ3n) is 6.51. The van der Waals surface area contributed by atoms with E-state index in [1.165, 1.54) is 0 Å². The Morgan fingerprint density at radius 1 is 0.909 bits per heavy atom. The number of carbonyl (C=O) groups is 1. The highest BCUT2D eigenvalue weighted by Gasteiger charge is 2.21. The van der Waals surface area contributed by atoms with Gasteiger partial charge in [0.1, 0.15) is 0 Å². The second-order valence-electron chi connectivity index (χ2n) is 8.96. The summed E-state index contributed by atoms with van der Waals surface area (Å²) < 4.78 is 3.55. The number of imidazole rings is 1. The average molecular weight is 450 g/mol. The molecule has 0 saturated carbocycles. The van der Waals surface area contributed by atoms with Crippen molar-refractivity contribution in [1.82, 2.24) is 24.3 Å². The lowest BCUT2D eigenvalue weighted by atomic mass is 10.1. The Kier molecular flexibility index (Phi) is 7.62. The highest BCUT2D eigenvalue weighted by Crippen LogP contribution is 2.17. The van der Waals surface area contributed by atoms with Crippen molar-refractivity contribution < 1.29 is 4.79 Å². The zero-order valence-electron chi connectivity index (χ0n) is 19.7. The van der Waals surface area contributed by atoms with Crippen LogP contribution in [0.25, 0.3) is 11.0 Å². The van der Waals surface area contributed by atoms with Crippen LogP contribution in [0, 0.1) is 0 Å². The van der Waals surface area contributed by atoms with Crippen molar-refractivity contribution in [3.05, 3.63) is 70.6 Å². The van der Waals surface area contributed by atoms with E-state index in [0.717, 1.165) is 55.7 Å². The minimum Gasteiger partial charge on any atom is -0.348 e. The van der Waals surface area contributed by atoms with Crippen molar-refractivity contribution >= 4 is 16.9 Å². The van der Waals surface area contributed by atoms with E-state index < -0.39 is 0 Å².